The van der Waals surface area contributed by atoms with Crippen molar-refractivity contribution in [3.63, 3.8) is 0 Å². The highest BCUT2D eigenvalue weighted by molar-refractivity contribution is 5.81. The molecular weight excluding hydrogens is 254 g/mol. The average molecular weight is 268 g/mol. The fraction of sp³-hybridized carbons (Fsp3) is 0.385. The summed E-state index contributed by atoms with van der Waals surface area (Å²) in [6.45, 7) is 1.16. The molecule has 0 saturated carbocycles. The molecule has 4 nitrogen and oxygen atoms in total. The van der Waals surface area contributed by atoms with Crippen molar-refractivity contribution in [1.82, 2.24) is 10.2 Å². The lowest BCUT2D eigenvalue weighted by atomic mass is 10.1. The van der Waals surface area contributed by atoms with Crippen LogP contribution in [-0.4, -0.2) is 36.3 Å². The maximum atomic E-state index is 13.0. The van der Waals surface area contributed by atoms with Gasteiger partial charge < -0.3 is 10.2 Å². The molecular formula is C13H14F2N2O2. The Kier molecular flexibility index (Phi) is 4.09. The summed E-state index contributed by atoms with van der Waals surface area (Å²) in [7, 11) is 0. The van der Waals surface area contributed by atoms with E-state index >= 15 is 0 Å². The zero-order chi connectivity index (χ0) is 13.8. The van der Waals surface area contributed by atoms with E-state index in [1.807, 2.05) is 0 Å². The monoisotopic (exact) mass is 268 g/mol. The average Bonchev–Trinajstić information content (AvgIpc) is 2.52. The first kappa shape index (κ1) is 13.5. The van der Waals surface area contributed by atoms with Crippen molar-refractivity contribution in [1.29, 1.82) is 0 Å². The highest BCUT2D eigenvalue weighted by Crippen LogP contribution is 2.10. The molecule has 2 amide bonds. The van der Waals surface area contributed by atoms with Gasteiger partial charge in [0.1, 0.15) is 11.6 Å². The van der Waals surface area contributed by atoms with Gasteiger partial charge in [0, 0.05) is 32.1 Å². The highest BCUT2D eigenvalue weighted by Gasteiger charge is 2.18. The fourth-order valence-electron chi connectivity index (χ4n) is 2.02. The van der Waals surface area contributed by atoms with E-state index in [-0.39, 0.29) is 24.7 Å². The summed E-state index contributed by atoms with van der Waals surface area (Å²) in [5, 5.41) is 2.66. The molecule has 1 heterocycles. The van der Waals surface area contributed by atoms with Crippen molar-refractivity contribution in [2.45, 2.75) is 12.8 Å². The summed E-state index contributed by atoms with van der Waals surface area (Å²) in [5.74, 6) is -1.72. The number of hydrogen-bond donors (Lipinski definition) is 1. The molecule has 1 aliphatic heterocycles. The molecule has 0 unspecified atom stereocenters. The molecule has 1 aromatic carbocycles. The summed E-state index contributed by atoms with van der Waals surface area (Å²) in [6, 6.07) is 3.05. The lowest BCUT2D eigenvalue weighted by molar-refractivity contribution is -0.130. The van der Waals surface area contributed by atoms with Gasteiger partial charge in [0.15, 0.2) is 0 Å². The Hall–Kier alpha value is -1.98. The Bertz CT molecular complexity index is 485. The van der Waals surface area contributed by atoms with E-state index in [0.29, 0.717) is 25.2 Å². The van der Waals surface area contributed by atoms with E-state index in [0.717, 1.165) is 18.2 Å². The molecule has 1 N–H and O–H groups in total. The van der Waals surface area contributed by atoms with E-state index in [1.54, 1.807) is 0 Å². The largest absolute Gasteiger partial charge is 0.354 e. The smallest absolute Gasteiger partial charge is 0.227 e. The molecule has 0 aliphatic carbocycles. The van der Waals surface area contributed by atoms with Crippen LogP contribution in [-0.2, 0) is 16.0 Å². The molecule has 1 aliphatic rings. The third kappa shape index (κ3) is 3.74. The number of amides is 2. The number of benzene rings is 1. The van der Waals surface area contributed by atoms with E-state index < -0.39 is 11.6 Å². The Morgan fingerprint density at radius 1 is 1.21 bits per heavy atom. The third-order valence-corrected chi connectivity index (χ3v) is 2.94. The number of hydrogen-bond acceptors (Lipinski definition) is 2. The van der Waals surface area contributed by atoms with Crippen LogP contribution in [0.2, 0.25) is 0 Å². The van der Waals surface area contributed by atoms with Crippen molar-refractivity contribution in [2.24, 2.45) is 0 Å². The first-order valence-corrected chi connectivity index (χ1v) is 6.04. The molecule has 0 radical (unpaired) electrons. The van der Waals surface area contributed by atoms with Gasteiger partial charge in [0.25, 0.3) is 0 Å². The van der Waals surface area contributed by atoms with Crippen LogP contribution in [0.25, 0.3) is 0 Å². The minimum absolute atomic E-state index is 0.0666. The maximum absolute atomic E-state index is 13.0. The van der Waals surface area contributed by atoms with E-state index in [2.05, 4.69) is 5.32 Å². The van der Waals surface area contributed by atoms with E-state index in [1.165, 1.54) is 4.90 Å². The van der Waals surface area contributed by atoms with Gasteiger partial charge in [-0.25, -0.2) is 8.78 Å². The van der Waals surface area contributed by atoms with Crippen molar-refractivity contribution >= 4 is 11.8 Å². The molecule has 102 valence electrons. The molecule has 19 heavy (non-hydrogen) atoms. The molecule has 0 spiro atoms. The van der Waals surface area contributed by atoms with Gasteiger partial charge in [-0.15, -0.1) is 0 Å². The van der Waals surface area contributed by atoms with Gasteiger partial charge >= 0.3 is 0 Å². The molecule has 1 saturated heterocycles. The van der Waals surface area contributed by atoms with E-state index in [9.17, 15) is 18.4 Å². The van der Waals surface area contributed by atoms with Crippen LogP contribution in [0, 0.1) is 11.6 Å². The van der Waals surface area contributed by atoms with Crippen LogP contribution in [0.5, 0.6) is 0 Å². The van der Waals surface area contributed by atoms with E-state index in [4.69, 9.17) is 0 Å². The molecule has 1 aromatic rings. The SMILES string of the molecule is O=C1CCN(C(=O)Cc2cc(F)cc(F)c2)CCN1. The number of halogens is 2. The van der Waals surface area contributed by atoms with Crippen LogP contribution in [0.1, 0.15) is 12.0 Å². The molecule has 1 fully saturated rings. The quantitative estimate of drug-likeness (QED) is 0.864. The van der Waals surface area contributed by atoms with Crippen LogP contribution in [0.4, 0.5) is 8.78 Å². The number of nitrogens with zero attached hydrogens (tertiary/aromatic N) is 1. The van der Waals surface area contributed by atoms with Gasteiger partial charge in [-0.1, -0.05) is 0 Å². The minimum Gasteiger partial charge on any atom is -0.354 e. The molecule has 6 heteroatoms. The van der Waals surface area contributed by atoms with Gasteiger partial charge in [-0.3, -0.25) is 9.59 Å². The Morgan fingerprint density at radius 3 is 2.58 bits per heavy atom. The number of rotatable bonds is 2. The summed E-state index contributed by atoms with van der Waals surface area (Å²) in [5.41, 5.74) is 0.297. The van der Waals surface area contributed by atoms with Crippen molar-refractivity contribution in [3.05, 3.63) is 35.4 Å². The van der Waals surface area contributed by atoms with Crippen LogP contribution in [0.15, 0.2) is 18.2 Å². The summed E-state index contributed by atoms with van der Waals surface area (Å²) >= 11 is 0. The zero-order valence-corrected chi connectivity index (χ0v) is 10.3. The summed E-state index contributed by atoms with van der Waals surface area (Å²) < 4.78 is 26.0. The zero-order valence-electron chi connectivity index (χ0n) is 10.3. The first-order valence-electron chi connectivity index (χ1n) is 6.04. The molecule has 0 bridgehead atoms. The Balaban J connectivity index is 2.01. The number of carbonyl (C=O) groups is 2. The molecule has 0 aromatic heterocycles. The lowest BCUT2D eigenvalue weighted by Gasteiger charge is -2.19. The van der Waals surface area contributed by atoms with Crippen LogP contribution < -0.4 is 5.32 Å². The predicted octanol–water partition coefficient (Wildman–Crippen LogP) is 0.856. The third-order valence-electron chi connectivity index (χ3n) is 2.94. The highest BCUT2D eigenvalue weighted by atomic mass is 19.1. The summed E-state index contributed by atoms with van der Waals surface area (Å²) in [4.78, 5) is 24.7. The van der Waals surface area contributed by atoms with Crippen molar-refractivity contribution in [2.75, 3.05) is 19.6 Å². The predicted molar refractivity (Wildman–Crippen MR) is 64.3 cm³/mol. The van der Waals surface area contributed by atoms with Crippen molar-refractivity contribution < 1.29 is 18.4 Å². The van der Waals surface area contributed by atoms with Crippen molar-refractivity contribution in [3.8, 4) is 0 Å². The second-order valence-electron chi connectivity index (χ2n) is 4.44. The minimum atomic E-state index is -0.699. The fourth-order valence-corrected chi connectivity index (χ4v) is 2.02. The Labute approximate surface area is 109 Å². The molecule has 2 rings (SSSR count). The lowest BCUT2D eigenvalue weighted by Crippen LogP contribution is -2.35. The van der Waals surface area contributed by atoms with Crippen LogP contribution in [0.3, 0.4) is 0 Å². The van der Waals surface area contributed by atoms with Gasteiger partial charge in [-0.05, 0) is 17.7 Å². The van der Waals surface area contributed by atoms with Gasteiger partial charge in [0.2, 0.25) is 11.8 Å². The number of nitrogens with one attached hydrogen (secondary N) is 1. The van der Waals surface area contributed by atoms with Gasteiger partial charge in [0.05, 0.1) is 6.42 Å². The second kappa shape index (κ2) is 5.77. The topological polar surface area (TPSA) is 49.4 Å². The van der Waals surface area contributed by atoms with Crippen LogP contribution >= 0.6 is 0 Å². The standard InChI is InChI=1S/C13H14F2N2O2/c14-10-5-9(6-11(15)8-10)7-13(19)17-3-1-12(18)16-2-4-17/h5-6,8H,1-4,7H2,(H,16,18). The second-order valence-corrected chi connectivity index (χ2v) is 4.44. The Morgan fingerprint density at radius 2 is 1.89 bits per heavy atom. The first-order chi connectivity index (χ1) is 9.04. The molecule has 0 atom stereocenters. The summed E-state index contributed by atoms with van der Waals surface area (Å²) in [6.07, 6.45) is 0.187. The maximum Gasteiger partial charge on any atom is 0.227 e. The number of carbonyl (C=O) groups excluding carboxylic acids is 2. The van der Waals surface area contributed by atoms with Gasteiger partial charge in [-0.2, -0.15) is 0 Å². The normalized spacial score (nSPS) is 15.9.